The van der Waals surface area contributed by atoms with Gasteiger partial charge in [-0.25, -0.2) is 9.97 Å². The molecule has 1 aromatic carbocycles. The largest absolute Gasteiger partial charge is 0.396 e. The predicted molar refractivity (Wildman–Crippen MR) is 64.7 cm³/mol. The summed E-state index contributed by atoms with van der Waals surface area (Å²) in [5, 5.41) is 3.01. The number of nitrogen functional groups attached to an aromatic ring is 1. The maximum Gasteiger partial charge on any atom is 0.250 e. The maximum absolute atomic E-state index is 11.1. The third-order valence-electron chi connectivity index (χ3n) is 2.21. The van der Waals surface area contributed by atoms with Gasteiger partial charge < -0.3 is 16.8 Å². The summed E-state index contributed by atoms with van der Waals surface area (Å²) in [6.45, 7) is 0. The fourth-order valence-electron chi connectivity index (χ4n) is 1.41. The smallest absolute Gasteiger partial charge is 0.250 e. The van der Waals surface area contributed by atoms with E-state index in [1.165, 1.54) is 6.33 Å². The molecule has 6 nitrogen and oxygen atoms in total. The zero-order valence-corrected chi connectivity index (χ0v) is 8.92. The molecule has 1 aromatic heterocycles. The number of nitrogens with two attached hydrogens (primary N) is 2. The maximum atomic E-state index is 11.1. The molecule has 0 atom stereocenters. The van der Waals surface area contributed by atoms with Crippen molar-refractivity contribution in [1.82, 2.24) is 9.97 Å². The van der Waals surface area contributed by atoms with E-state index in [2.05, 4.69) is 15.3 Å². The first-order valence-electron chi connectivity index (χ1n) is 4.89. The van der Waals surface area contributed by atoms with Gasteiger partial charge in [0.2, 0.25) is 0 Å². The SMILES string of the molecule is NC(=O)c1cccc(Nc2cncnc2)c1N. The predicted octanol–water partition coefficient (Wildman–Crippen LogP) is 0.901. The number of hydrogen-bond donors (Lipinski definition) is 3. The number of nitrogens with zero attached hydrogens (tertiary/aromatic N) is 2. The van der Waals surface area contributed by atoms with Crippen LogP contribution in [0.25, 0.3) is 0 Å². The fourth-order valence-corrected chi connectivity index (χ4v) is 1.41. The molecule has 86 valence electrons. The Hall–Kier alpha value is -2.63. The molecule has 0 bridgehead atoms. The van der Waals surface area contributed by atoms with Gasteiger partial charge in [0.15, 0.2) is 0 Å². The van der Waals surface area contributed by atoms with E-state index in [1.54, 1.807) is 30.6 Å². The van der Waals surface area contributed by atoms with Crippen molar-refractivity contribution in [3.8, 4) is 0 Å². The number of para-hydroxylation sites is 1. The van der Waals surface area contributed by atoms with Gasteiger partial charge in [0.25, 0.3) is 5.91 Å². The number of anilines is 3. The first kappa shape index (κ1) is 10.9. The van der Waals surface area contributed by atoms with Crippen molar-refractivity contribution in [3.63, 3.8) is 0 Å². The number of primary amides is 1. The molecule has 17 heavy (non-hydrogen) atoms. The molecule has 2 aromatic rings. The van der Waals surface area contributed by atoms with Crippen LogP contribution in [0, 0.1) is 0 Å². The van der Waals surface area contributed by atoms with Gasteiger partial charge in [-0.3, -0.25) is 4.79 Å². The summed E-state index contributed by atoms with van der Waals surface area (Å²) < 4.78 is 0. The number of nitrogens with one attached hydrogen (secondary N) is 1. The molecule has 0 saturated carbocycles. The summed E-state index contributed by atoms with van der Waals surface area (Å²) in [6.07, 6.45) is 4.63. The van der Waals surface area contributed by atoms with Crippen LogP contribution in [-0.4, -0.2) is 15.9 Å². The molecule has 0 spiro atoms. The summed E-state index contributed by atoms with van der Waals surface area (Å²) in [5.41, 5.74) is 12.9. The molecule has 1 heterocycles. The lowest BCUT2D eigenvalue weighted by Gasteiger charge is -2.10. The van der Waals surface area contributed by atoms with E-state index in [-0.39, 0.29) is 5.56 Å². The van der Waals surface area contributed by atoms with Gasteiger partial charge in [-0.05, 0) is 12.1 Å². The minimum Gasteiger partial charge on any atom is -0.396 e. The molecular formula is C11H11N5O. The lowest BCUT2D eigenvalue weighted by atomic mass is 10.1. The first-order valence-corrected chi connectivity index (χ1v) is 4.89. The van der Waals surface area contributed by atoms with E-state index in [1.807, 2.05) is 0 Å². The monoisotopic (exact) mass is 229 g/mol. The molecule has 0 unspecified atom stereocenters. The molecule has 0 aliphatic carbocycles. The second kappa shape index (κ2) is 4.48. The standard InChI is InChI=1S/C11H11N5O/c12-10-8(11(13)17)2-1-3-9(10)16-7-4-14-6-15-5-7/h1-6,16H,12H2,(H2,13,17). The third-order valence-corrected chi connectivity index (χ3v) is 2.21. The molecule has 0 radical (unpaired) electrons. The number of carbonyl (C=O) groups is 1. The summed E-state index contributed by atoms with van der Waals surface area (Å²) >= 11 is 0. The van der Waals surface area contributed by atoms with Crippen LogP contribution in [0.2, 0.25) is 0 Å². The van der Waals surface area contributed by atoms with E-state index >= 15 is 0 Å². The summed E-state index contributed by atoms with van der Waals surface area (Å²) in [7, 11) is 0. The van der Waals surface area contributed by atoms with Crippen molar-refractivity contribution in [3.05, 3.63) is 42.5 Å². The highest BCUT2D eigenvalue weighted by Crippen LogP contribution is 2.25. The topological polar surface area (TPSA) is 107 Å². The second-order valence-electron chi connectivity index (χ2n) is 3.38. The quantitative estimate of drug-likeness (QED) is 0.678. The lowest BCUT2D eigenvalue weighted by Crippen LogP contribution is -2.14. The molecule has 0 aliphatic heterocycles. The molecule has 5 N–H and O–H groups in total. The van der Waals surface area contributed by atoms with Crippen LogP contribution < -0.4 is 16.8 Å². The van der Waals surface area contributed by atoms with Gasteiger partial charge in [0, 0.05) is 0 Å². The number of aromatic nitrogens is 2. The van der Waals surface area contributed by atoms with Crippen LogP contribution in [0.3, 0.4) is 0 Å². The Labute approximate surface area is 97.7 Å². The molecule has 1 amide bonds. The average Bonchev–Trinajstić information content (AvgIpc) is 2.33. The number of amides is 1. The number of rotatable bonds is 3. The fraction of sp³-hybridized carbons (Fsp3) is 0. The highest BCUT2D eigenvalue weighted by molar-refractivity contribution is 6.01. The Morgan fingerprint density at radius 2 is 1.94 bits per heavy atom. The lowest BCUT2D eigenvalue weighted by molar-refractivity contribution is 0.100. The van der Waals surface area contributed by atoms with E-state index in [0.717, 1.165) is 0 Å². The molecule has 2 rings (SSSR count). The molecule has 0 fully saturated rings. The van der Waals surface area contributed by atoms with Crippen molar-refractivity contribution >= 4 is 23.0 Å². The van der Waals surface area contributed by atoms with Crippen molar-refractivity contribution in [1.29, 1.82) is 0 Å². The van der Waals surface area contributed by atoms with Crippen molar-refractivity contribution in [2.45, 2.75) is 0 Å². The van der Waals surface area contributed by atoms with Crippen molar-refractivity contribution < 1.29 is 4.79 Å². The van der Waals surface area contributed by atoms with E-state index < -0.39 is 5.91 Å². The van der Waals surface area contributed by atoms with Gasteiger partial charge in [-0.2, -0.15) is 0 Å². The molecule has 0 saturated heterocycles. The van der Waals surface area contributed by atoms with Crippen molar-refractivity contribution in [2.75, 3.05) is 11.1 Å². The Kier molecular flexibility index (Phi) is 2.87. The Bertz CT molecular complexity index is 541. The Morgan fingerprint density at radius 1 is 1.24 bits per heavy atom. The van der Waals surface area contributed by atoms with Gasteiger partial charge in [0.1, 0.15) is 6.33 Å². The first-order chi connectivity index (χ1) is 8.18. The van der Waals surface area contributed by atoms with Gasteiger partial charge >= 0.3 is 0 Å². The van der Waals surface area contributed by atoms with Gasteiger partial charge in [-0.15, -0.1) is 0 Å². The van der Waals surface area contributed by atoms with Crippen LogP contribution in [0.15, 0.2) is 36.9 Å². The van der Waals surface area contributed by atoms with Crippen LogP contribution in [0.5, 0.6) is 0 Å². The third kappa shape index (κ3) is 2.31. The minimum absolute atomic E-state index is 0.284. The number of benzene rings is 1. The van der Waals surface area contributed by atoms with E-state index in [4.69, 9.17) is 11.5 Å². The normalized spacial score (nSPS) is 9.88. The average molecular weight is 229 g/mol. The Morgan fingerprint density at radius 3 is 2.59 bits per heavy atom. The van der Waals surface area contributed by atoms with E-state index in [0.29, 0.717) is 17.1 Å². The highest BCUT2D eigenvalue weighted by Gasteiger charge is 2.09. The van der Waals surface area contributed by atoms with Gasteiger partial charge in [-0.1, -0.05) is 6.07 Å². The molecular weight excluding hydrogens is 218 g/mol. The van der Waals surface area contributed by atoms with Crippen molar-refractivity contribution in [2.24, 2.45) is 5.73 Å². The Balaban J connectivity index is 2.34. The summed E-state index contributed by atoms with van der Waals surface area (Å²) in [6, 6.07) is 5.02. The van der Waals surface area contributed by atoms with Crippen LogP contribution in [0.1, 0.15) is 10.4 Å². The number of hydrogen-bond acceptors (Lipinski definition) is 5. The molecule has 6 heteroatoms. The summed E-state index contributed by atoms with van der Waals surface area (Å²) in [4.78, 5) is 18.8. The van der Waals surface area contributed by atoms with E-state index in [9.17, 15) is 4.79 Å². The zero-order valence-electron chi connectivity index (χ0n) is 8.92. The van der Waals surface area contributed by atoms with Crippen LogP contribution in [0.4, 0.5) is 17.1 Å². The summed E-state index contributed by atoms with van der Waals surface area (Å²) in [5.74, 6) is -0.560. The van der Waals surface area contributed by atoms with Crippen LogP contribution in [-0.2, 0) is 0 Å². The second-order valence-corrected chi connectivity index (χ2v) is 3.38. The number of carbonyl (C=O) groups excluding carboxylic acids is 1. The highest BCUT2D eigenvalue weighted by atomic mass is 16.1. The van der Waals surface area contributed by atoms with Gasteiger partial charge in [0.05, 0.1) is 35.0 Å². The van der Waals surface area contributed by atoms with Crippen LogP contribution >= 0.6 is 0 Å². The molecule has 0 aliphatic rings. The minimum atomic E-state index is -0.560. The zero-order chi connectivity index (χ0) is 12.3.